The van der Waals surface area contributed by atoms with Crippen molar-refractivity contribution in [3.05, 3.63) is 95.6 Å². The van der Waals surface area contributed by atoms with E-state index in [1.54, 1.807) is 0 Å². The zero-order valence-corrected chi connectivity index (χ0v) is 48.4. The first-order valence-corrected chi connectivity index (χ1v) is 29.3. The third-order valence-corrected chi connectivity index (χ3v) is 18.7. The molecule has 17 nitrogen and oxygen atoms in total. The van der Waals surface area contributed by atoms with Gasteiger partial charge in [-0.15, -0.1) is 0 Å². The Morgan fingerprint density at radius 3 is 2.12 bits per heavy atom. The Balaban J connectivity index is 0.000000371. The third-order valence-electron chi connectivity index (χ3n) is 18.7. The average molecular weight is 1120 g/mol. The number of fused-ring (bicyclic) bond motifs is 5. The fraction of sp³-hybridized carbons (Fsp3) is 0.683. The monoisotopic (exact) mass is 1120 g/mol. The first kappa shape index (κ1) is 63.0. The number of aryl methyl sites for hydroxylation is 1. The average Bonchev–Trinajstić information content (AvgIpc) is 3.55. The van der Waals surface area contributed by atoms with Crippen LogP contribution in [0.2, 0.25) is 0 Å². The molecule has 7 N–H and O–H groups in total. The number of aliphatic hydroxyl groups is 5. The van der Waals surface area contributed by atoms with Crippen molar-refractivity contribution in [2.45, 2.75) is 200 Å². The first-order chi connectivity index (χ1) is 38.0. The zero-order chi connectivity index (χ0) is 58.1. The van der Waals surface area contributed by atoms with Crippen LogP contribution in [0.3, 0.4) is 0 Å². The maximum absolute atomic E-state index is 14.1. The van der Waals surface area contributed by atoms with E-state index >= 15 is 0 Å². The van der Waals surface area contributed by atoms with Crippen molar-refractivity contribution in [3.8, 4) is 0 Å². The number of allylic oxidation sites excluding steroid dienone is 1. The Morgan fingerprint density at radius 1 is 0.800 bits per heavy atom. The lowest BCUT2D eigenvalue weighted by Crippen LogP contribution is -2.62. The lowest BCUT2D eigenvalue weighted by Gasteiger charge is -2.59. The number of hydrogen-bond donors (Lipinski definition) is 7. The van der Waals surface area contributed by atoms with Crippen LogP contribution in [0.1, 0.15) is 136 Å². The molecule has 4 aliphatic carbocycles. The van der Waals surface area contributed by atoms with Crippen LogP contribution in [0.4, 0.5) is 4.79 Å². The molecule has 2 aromatic rings. The molecule has 0 aromatic heterocycles. The fourth-order valence-corrected chi connectivity index (χ4v) is 13.8. The van der Waals surface area contributed by atoms with E-state index in [0.717, 1.165) is 55.2 Å². The summed E-state index contributed by atoms with van der Waals surface area (Å²) in [5, 5.41) is 62.2. The highest BCUT2D eigenvalue weighted by atomic mass is 16.7. The van der Waals surface area contributed by atoms with Gasteiger partial charge in [0, 0.05) is 49.1 Å². The lowest BCUT2D eigenvalue weighted by atomic mass is 9.46. The van der Waals surface area contributed by atoms with E-state index in [1.165, 1.54) is 11.6 Å². The van der Waals surface area contributed by atoms with Gasteiger partial charge in [0.15, 0.2) is 18.7 Å². The SMILES string of the molecule is C=CCOC(=O)NCc1ccc(CNC(=O)C(C)C)cc1.CC(C)CCC(=O)[C@@H](C)[C@@]1(O)[C@@H](OC2OCC(O)C(OC3OCC(O)C(O)C3OC(=O)CCc3ccccc3)C2C)C[C@H]2[C@@H]3CC=C4C[C@@H](O)CC[C@]4(C)C3CC[C@@]21C. The smallest absolute Gasteiger partial charge is 0.407 e. The van der Waals surface area contributed by atoms with E-state index < -0.39 is 84.1 Å². The molecule has 80 heavy (non-hydrogen) atoms. The molecule has 8 rings (SSSR count). The maximum Gasteiger partial charge on any atom is 0.407 e. The first-order valence-electron chi connectivity index (χ1n) is 29.3. The van der Waals surface area contributed by atoms with E-state index in [1.807, 2.05) is 82.3 Å². The van der Waals surface area contributed by atoms with Crippen LogP contribution in [0.25, 0.3) is 0 Å². The number of alkyl carbamates (subject to hydrolysis) is 1. The van der Waals surface area contributed by atoms with Gasteiger partial charge < -0.3 is 64.6 Å². The topological polar surface area (TPSA) is 249 Å². The Morgan fingerprint density at radius 2 is 1.46 bits per heavy atom. The number of esters is 1. The molecular weight excluding hydrogens is 1020 g/mol. The third kappa shape index (κ3) is 14.4. The van der Waals surface area contributed by atoms with E-state index in [0.29, 0.717) is 50.6 Å². The van der Waals surface area contributed by atoms with E-state index in [4.69, 9.17) is 28.4 Å². The molecule has 0 spiro atoms. The van der Waals surface area contributed by atoms with Gasteiger partial charge in [0.2, 0.25) is 5.91 Å². The quantitative estimate of drug-likeness (QED) is 0.0504. The summed E-state index contributed by atoms with van der Waals surface area (Å²) in [6.45, 7) is 20.2. The van der Waals surface area contributed by atoms with Gasteiger partial charge in [-0.3, -0.25) is 14.4 Å². The molecule has 3 saturated carbocycles. The highest BCUT2D eigenvalue weighted by Crippen LogP contribution is 2.69. The minimum absolute atomic E-state index is 0.0141. The number of ether oxygens (including phenoxy) is 6. The summed E-state index contributed by atoms with van der Waals surface area (Å²) in [7, 11) is 0. The van der Waals surface area contributed by atoms with Crippen molar-refractivity contribution in [3.63, 3.8) is 0 Å². The van der Waals surface area contributed by atoms with E-state index in [-0.39, 0.29) is 67.2 Å². The van der Waals surface area contributed by atoms with Crippen LogP contribution < -0.4 is 10.6 Å². The minimum Gasteiger partial charge on any atom is -0.454 e. The highest BCUT2D eigenvalue weighted by molar-refractivity contribution is 5.82. The second-order valence-electron chi connectivity index (χ2n) is 24.8. The van der Waals surface area contributed by atoms with E-state index in [9.17, 15) is 44.7 Å². The van der Waals surface area contributed by atoms with Gasteiger partial charge >= 0.3 is 12.1 Å². The normalized spacial score (nSPS) is 35.0. The van der Waals surface area contributed by atoms with Gasteiger partial charge in [-0.05, 0) is 104 Å². The largest absolute Gasteiger partial charge is 0.454 e. The number of benzene rings is 2. The van der Waals surface area contributed by atoms with E-state index in [2.05, 4.69) is 51.0 Å². The van der Waals surface area contributed by atoms with Gasteiger partial charge in [-0.2, -0.15) is 0 Å². The van der Waals surface area contributed by atoms with Crippen LogP contribution in [-0.4, -0.2) is 130 Å². The summed E-state index contributed by atoms with van der Waals surface area (Å²) >= 11 is 0. The number of nitrogens with one attached hydrogen (secondary N) is 2. The van der Waals surface area contributed by atoms with Crippen LogP contribution in [-0.2, 0) is 62.3 Å². The lowest BCUT2D eigenvalue weighted by molar-refractivity contribution is -0.335. The Labute approximate surface area is 473 Å². The molecule has 0 bridgehead atoms. The molecule has 444 valence electrons. The van der Waals surface area contributed by atoms with Crippen molar-refractivity contribution in [2.75, 3.05) is 19.8 Å². The van der Waals surface area contributed by atoms with Crippen molar-refractivity contribution in [1.82, 2.24) is 10.6 Å². The predicted octanol–water partition coefficient (Wildman–Crippen LogP) is 7.41. The molecule has 17 atom stereocenters. The number of rotatable bonds is 20. The van der Waals surface area contributed by atoms with Gasteiger partial charge in [0.1, 0.15) is 36.3 Å². The maximum atomic E-state index is 14.1. The van der Waals surface area contributed by atoms with Crippen LogP contribution in [0.5, 0.6) is 0 Å². The number of Topliss-reactive ketones (excluding diaryl/α,β-unsaturated/α-hetero) is 1. The minimum atomic E-state index is -1.51. The number of hydrogen-bond acceptors (Lipinski definition) is 15. The van der Waals surface area contributed by atoms with Gasteiger partial charge in [-0.1, -0.05) is 134 Å². The summed E-state index contributed by atoms with van der Waals surface area (Å²) in [5.74, 6) is -0.828. The number of carbonyl (C=O) groups excluding carboxylic acids is 4. The number of amides is 2. The second kappa shape index (κ2) is 27.7. The summed E-state index contributed by atoms with van der Waals surface area (Å²) in [6.07, 6.45) is 0.862. The summed E-state index contributed by atoms with van der Waals surface area (Å²) in [6, 6.07) is 17.1. The molecule has 2 saturated heterocycles. The molecule has 0 radical (unpaired) electrons. The van der Waals surface area contributed by atoms with Crippen molar-refractivity contribution >= 4 is 23.8 Å². The Hall–Kier alpha value is -4.56. The predicted molar refractivity (Wildman–Crippen MR) is 299 cm³/mol. The number of carbonyl (C=O) groups is 4. The molecule has 2 aliphatic heterocycles. The van der Waals surface area contributed by atoms with Crippen LogP contribution >= 0.6 is 0 Å². The molecule has 9 unspecified atom stereocenters. The molecule has 2 heterocycles. The van der Waals surface area contributed by atoms with Gasteiger partial charge in [0.05, 0.1) is 31.5 Å². The van der Waals surface area contributed by atoms with Crippen LogP contribution in [0.15, 0.2) is 78.9 Å². The molecule has 17 heteroatoms. The summed E-state index contributed by atoms with van der Waals surface area (Å²) < 4.78 is 35.8. The molecule has 5 fully saturated rings. The zero-order valence-electron chi connectivity index (χ0n) is 48.4. The molecule has 2 aromatic carbocycles. The summed E-state index contributed by atoms with van der Waals surface area (Å²) in [4.78, 5) is 49.8. The standard InChI is InChI=1S/C47H70O12.C16H22N2O3/c1-26(2)12-16-35(49)28(4)47(54)38(23-34-32-15-14-30-22-31(48)18-20-45(30,5)33(32)19-21-46(34,47)6)57-43-27(3)41(37(51)25-55-43)59-44-42(40(53)36(50)24-56-44)58-39(52)17-13-29-10-8-7-9-11-29;1-4-9-21-16(20)18-11-14-7-5-13(6-8-14)10-17-15(19)12(2)3/h7-11,14,26-28,31-34,36-38,40-44,48,50-51,53-54H,12-13,15-25H2,1-6H3;4-8,12H,1,9-11H2,2-3H3,(H,17,19)(H,18,20)/t27?,28-,31+,32-,33?,34+,36?,37?,38+,40?,41?,42?,43?,44?,45+,46+,47-;/m1./s1. The summed E-state index contributed by atoms with van der Waals surface area (Å²) in [5.41, 5.74) is 2.14. The fourth-order valence-electron chi connectivity index (χ4n) is 13.8. The van der Waals surface area contributed by atoms with Crippen molar-refractivity contribution in [1.29, 1.82) is 0 Å². The Kier molecular flexibility index (Phi) is 21.8. The highest BCUT2D eigenvalue weighted by Gasteiger charge is 2.70. The molecule has 2 amide bonds. The molecular formula is C63H92N2O15. The number of aliphatic hydroxyl groups excluding tert-OH is 4. The second-order valence-corrected chi connectivity index (χ2v) is 24.8. The molecule has 6 aliphatic rings. The number of ketones is 1. The van der Waals surface area contributed by atoms with Gasteiger partial charge in [-0.25, -0.2) is 4.79 Å². The van der Waals surface area contributed by atoms with Crippen molar-refractivity contribution in [2.24, 2.45) is 52.3 Å². The Bertz CT molecular complexity index is 2420. The van der Waals surface area contributed by atoms with Gasteiger partial charge in [0.25, 0.3) is 0 Å². The van der Waals surface area contributed by atoms with Crippen LogP contribution in [0, 0.1) is 52.3 Å². The van der Waals surface area contributed by atoms with Crippen molar-refractivity contribution < 1.29 is 73.1 Å².